The van der Waals surface area contributed by atoms with E-state index in [0.29, 0.717) is 0 Å². The van der Waals surface area contributed by atoms with Gasteiger partial charge >= 0.3 is 0 Å². The van der Waals surface area contributed by atoms with Gasteiger partial charge in [0, 0.05) is 6.04 Å². The molecular formula is C18H22FNO. The number of methoxy groups -OCH3 is 1. The molecule has 21 heavy (non-hydrogen) atoms. The fourth-order valence-corrected chi connectivity index (χ4v) is 2.37. The van der Waals surface area contributed by atoms with E-state index < -0.39 is 0 Å². The first-order valence-electron chi connectivity index (χ1n) is 7.22. The van der Waals surface area contributed by atoms with Crippen LogP contribution in [0.4, 0.5) is 4.39 Å². The van der Waals surface area contributed by atoms with E-state index >= 15 is 0 Å². The molecule has 2 aromatic carbocycles. The van der Waals surface area contributed by atoms with Crippen molar-refractivity contribution in [3.63, 3.8) is 0 Å². The maximum Gasteiger partial charge on any atom is 0.165 e. The summed E-state index contributed by atoms with van der Waals surface area (Å²) in [7, 11) is 1.47. The molecule has 2 aromatic rings. The van der Waals surface area contributed by atoms with Gasteiger partial charge < -0.3 is 10.1 Å². The predicted octanol–water partition coefficient (Wildman–Crippen LogP) is 4.04. The molecule has 0 heterocycles. The van der Waals surface area contributed by atoms with E-state index in [2.05, 4.69) is 36.5 Å². The Hall–Kier alpha value is -1.87. The number of ether oxygens (including phenoxy) is 1. The van der Waals surface area contributed by atoms with Gasteiger partial charge in [0.15, 0.2) is 11.6 Å². The summed E-state index contributed by atoms with van der Waals surface area (Å²) in [5.74, 6) is -0.0342. The van der Waals surface area contributed by atoms with Gasteiger partial charge in [-0.15, -0.1) is 0 Å². The van der Waals surface area contributed by atoms with E-state index in [9.17, 15) is 4.39 Å². The zero-order valence-corrected chi connectivity index (χ0v) is 12.8. The molecule has 0 fully saturated rings. The molecule has 0 spiro atoms. The summed E-state index contributed by atoms with van der Waals surface area (Å²) in [6.45, 7) is 5.00. The highest BCUT2D eigenvalue weighted by Gasteiger charge is 2.09. The fraction of sp³-hybridized carbons (Fsp3) is 0.333. The Morgan fingerprint density at radius 1 is 1.19 bits per heavy atom. The third-order valence-corrected chi connectivity index (χ3v) is 3.62. The molecule has 0 aromatic heterocycles. The SMILES string of the molecule is COc1ccc(C(C)NCCc2cccc(C)c2)cc1F. The van der Waals surface area contributed by atoms with Gasteiger partial charge in [0.2, 0.25) is 0 Å². The normalized spacial score (nSPS) is 12.2. The quantitative estimate of drug-likeness (QED) is 0.866. The summed E-state index contributed by atoms with van der Waals surface area (Å²) in [5, 5.41) is 3.42. The van der Waals surface area contributed by atoms with E-state index in [-0.39, 0.29) is 17.6 Å². The largest absolute Gasteiger partial charge is 0.494 e. The Balaban J connectivity index is 1.89. The molecule has 0 saturated heterocycles. The number of benzene rings is 2. The van der Waals surface area contributed by atoms with Crippen molar-refractivity contribution in [1.82, 2.24) is 5.32 Å². The zero-order chi connectivity index (χ0) is 15.2. The van der Waals surface area contributed by atoms with Crippen LogP contribution in [0.2, 0.25) is 0 Å². The highest BCUT2D eigenvalue weighted by atomic mass is 19.1. The summed E-state index contributed by atoms with van der Waals surface area (Å²) < 4.78 is 18.6. The molecule has 2 rings (SSSR count). The van der Waals surface area contributed by atoms with Crippen LogP contribution < -0.4 is 10.1 Å². The molecule has 0 amide bonds. The van der Waals surface area contributed by atoms with E-state index in [1.165, 1.54) is 24.3 Å². The van der Waals surface area contributed by atoms with Crippen LogP contribution >= 0.6 is 0 Å². The van der Waals surface area contributed by atoms with Crippen LogP contribution in [0.5, 0.6) is 5.75 Å². The average molecular weight is 287 g/mol. The maximum absolute atomic E-state index is 13.7. The zero-order valence-electron chi connectivity index (χ0n) is 12.8. The van der Waals surface area contributed by atoms with Gasteiger partial charge in [-0.3, -0.25) is 0 Å². The first kappa shape index (κ1) is 15.5. The summed E-state index contributed by atoms with van der Waals surface area (Å²) in [6.07, 6.45) is 0.963. The maximum atomic E-state index is 13.7. The van der Waals surface area contributed by atoms with Gasteiger partial charge in [0.05, 0.1) is 7.11 Å². The number of nitrogens with one attached hydrogen (secondary N) is 1. The van der Waals surface area contributed by atoms with Crippen LogP contribution in [0.1, 0.15) is 29.7 Å². The predicted molar refractivity (Wildman–Crippen MR) is 84.3 cm³/mol. The lowest BCUT2D eigenvalue weighted by molar-refractivity contribution is 0.385. The second-order valence-electron chi connectivity index (χ2n) is 5.31. The standard InChI is InChI=1S/C18H22FNO/c1-13-5-4-6-15(11-13)9-10-20-14(2)16-7-8-18(21-3)17(19)12-16/h4-8,11-12,14,20H,9-10H2,1-3H3. The minimum atomic E-state index is -0.317. The Kier molecular flexibility index (Phi) is 5.34. The minimum absolute atomic E-state index is 0.107. The molecule has 2 nitrogen and oxygen atoms in total. The van der Waals surface area contributed by atoms with Gasteiger partial charge in [-0.25, -0.2) is 4.39 Å². The Labute approximate surface area is 126 Å². The van der Waals surface area contributed by atoms with E-state index in [4.69, 9.17) is 4.74 Å². The lowest BCUT2D eigenvalue weighted by Crippen LogP contribution is -2.21. The first-order chi connectivity index (χ1) is 10.1. The third-order valence-electron chi connectivity index (χ3n) is 3.62. The lowest BCUT2D eigenvalue weighted by atomic mass is 10.1. The monoisotopic (exact) mass is 287 g/mol. The molecule has 0 aliphatic carbocycles. The Morgan fingerprint density at radius 3 is 2.67 bits per heavy atom. The second kappa shape index (κ2) is 7.23. The molecule has 112 valence electrons. The van der Waals surface area contributed by atoms with Crippen LogP contribution in [0.3, 0.4) is 0 Å². The van der Waals surface area contributed by atoms with Crippen molar-refractivity contribution >= 4 is 0 Å². The molecule has 0 aliphatic rings. The van der Waals surface area contributed by atoms with Crippen molar-refractivity contribution in [2.75, 3.05) is 13.7 Å². The van der Waals surface area contributed by atoms with Gasteiger partial charge in [-0.2, -0.15) is 0 Å². The van der Waals surface area contributed by atoms with Crippen molar-refractivity contribution in [2.24, 2.45) is 0 Å². The van der Waals surface area contributed by atoms with Gasteiger partial charge in [0.25, 0.3) is 0 Å². The van der Waals surface area contributed by atoms with Crippen LogP contribution in [0.15, 0.2) is 42.5 Å². The lowest BCUT2D eigenvalue weighted by Gasteiger charge is -2.15. The summed E-state index contributed by atoms with van der Waals surface area (Å²) in [5.41, 5.74) is 3.52. The van der Waals surface area contributed by atoms with Gasteiger partial charge in [0.1, 0.15) is 0 Å². The van der Waals surface area contributed by atoms with Crippen LogP contribution in [-0.4, -0.2) is 13.7 Å². The third kappa shape index (κ3) is 4.30. The van der Waals surface area contributed by atoms with Gasteiger partial charge in [-0.1, -0.05) is 35.9 Å². The highest BCUT2D eigenvalue weighted by Crippen LogP contribution is 2.21. The topological polar surface area (TPSA) is 21.3 Å². The van der Waals surface area contributed by atoms with Crippen LogP contribution in [-0.2, 0) is 6.42 Å². The molecule has 0 saturated carbocycles. The fourth-order valence-electron chi connectivity index (χ4n) is 2.37. The number of aryl methyl sites for hydroxylation is 1. The second-order valence-corrected chi connectivity index (χ2v) is 5.31. The van der Waals surface area contributed by atoms with Gasteiger partial charge in [-0.05, 0) is 50.1 Å². The van der Waals surface area contributed by atoms with Crippen LogP contribution in [0.25, 0.3) is 0 Å². The number of hydrogen-bond acceptors (Lipinski definition) is 2. The molecule has 1 unspecified atom stereocenters. The minimum Gasteiger partial charge on any atom is -0.494 e. The number of rotatable bonds is 6. The molecule has 1 N–H and O–H groups in total. The number of halogens is 1. The van der Waals surface area contributed by atoms with Crippen LogP contribution in [0, 0.1) is 12.7 Å². The molecule has 0 radical (unpaired) electrons. The smallest absolute Gasteiger partial charge is 0.165 e. The molecule has 1 atom stereocenters. The Morgan fingerprint density at radius 2 is 2.00 bits per heavy atom. The summed E-state index contributed by atoms with van der Waals surface area (Å²) in [6, 6.07) is 13.7. The molecule has 3 heteroatoms. The van der Waals surface area contributed by atoms with Crippen molar-refractivity contribution in [2.45, 2.75) is 26.3 Å². The van der Waals surface area contributed by atoms with E-state index in [0.717, 1.165) is 18.5 Å². The van der Waals surface area contributed by atoms with E-state index in [1.54, 1.807) is 6.07 Å². The summed E-state index contributed by atoms with van der Waals surface area (Å²) in [4.78, 5) is 0. The van der Waals surface area contributed by atoms with Crippen molar-refractivity contribution in [3.8, 4) is 5.75 Å². The molecule has 0 bridgehead atoms. The Bertz CT molecular complexity index is 598. The molecular weight excluding hydrogens is 265 g/mol. The number of hydrogen-bond donors (Lipinski definition) is 1. The van der Waals surface area contributed by atoms with E-state index in [1.807, 2.05) is 13.0 Å². The van der Waals surface area contributed by atoms with Crippen molar-refractivity contribution in [1.29, 1.82) is 0 Å². The molecule has 0 aliphatic heterocycles. The summed E-state index contributed by atoms with van der Waals surface area (Å²) >= 11 is 0. The first-order valence-corrected chi connectivity index (χ1v) is 7.22. The van der Waals surface area contributed by atoms with Crippen molar-refractivity contribution < 1.29 is 9.13 Å². The highest BCUT2D eigenvalue weighted by molar-refractivity contribution is 5.30. The average Bonchev–Trinajstić information content (AvgIpc) is 2.47. The van der Waals surface area contributed by atoms with Crippen molar-refractivity contribution in [3.05, 3.63) is 65.0 Å².